The lowest BCUT2D eigenvalue weighted by atomic mass is 10.2. The SMILES string of the molecule is NCc1ccccc1OC(N)=O. The molecule has 1 aromatic carbocycles. The van der Waals surface area contributed by atoms with E-state index in [4.69, 9.17) is 16.2 Å². The van der Waals surface area contributed by atoms with Gasteiger partial charge in [-0.25, -0.2) is 4.79 Å². The molecule has 0 saturated heterocycles. The van der Waals surface area contributed by atoms with E-state index in [1.165, 1.54) is 0 Å². The van der Waals surface area contributed by atoms with Crippen LogP contribution in [0.15, 0.2) is 24.3 Å². The van der Waals surface area contributed by atoms with Gasteiger partial charge in [0.05, 0.1) is 0 Å². The van der Waals surface area contributed by atoms with Crippen LogP contribution in [0.1, 0.15) is 5.56 Å². The van der Waals surface area contributed by atoms with Crippen molar-refractivity contribution in [3.05, 3.63) is 29.8 Å². The number of carbonyl (C=O) groups excluding carboxylic acids is 1. The quantitative estimate of drug-likeness (QED) is 0.675. The number of rotatable bonds is 2. The lowest BCUT2D eigenvalue weighted by molar-refractivity contribution is 0.210. The maximum absolute atomic E-state index is 10.4. The van der Waals surface area contributed by atoms with E-state index in [2.05, 4.69) is 0 Å². The van der Waals surface area contributed by atoms with Crippen LogP contribution in [0.5, 0.6) is 5.75 Å². The summed E-state index contributed by atoms with van der Waals surface area (Å²) in [4.78, 5) is 10.4. The zero-order valence-electron chi connectivity index (χ0n) is 6.49. The summed E-state index contributed by atoms with van der Waals surface area (Å²) in [5.41, 5.74) is 11.0. The first kappa shape index (κ1) is 8.55. The highest BCUT2D eigenvalue weighted by Crippen LogP contribution is 2.16. The van der Waals surface area contributed by atoms with Crippen LogP contribution in [0, 0.1) is 0 Å². The molecule has 1 rings (SSSR count). The highest BCUT2D eigenvalue weighted by Gasteiger charge is 2.02. The zero-order chi connectivity index (χ0) is 8.97. The molecule has 0 aliphatic rings. The summed E-state index contributed by atoms with van der Waals surface area (Å²) in [5.74, 6) is 0.424. The largest absolute Gasteiger partial charge is 0.410 e. The molecule has 0 bridgehead atoms. The molecular weight excluding hydrogens is 156 g/mol. The smallest absolute Gasteiger partial charge is 0.409 e. The first-order valence-corrected chi connectivity index (χ1v) is 3.49. The Balaban J connectivity index is 2.89. The minimum atomic E-state index is -0.823. The molecule has 0 aliphatic carbocycles. The molecule has 0 aromatic heterocycles. The normalized spacial score (nSPS) is 9.42. The molecule has 1 amide bonds. The molecule has 64 valence electrons. The van der Waals surface area contributed by atoms with Gasteiger partial charge in [0.15, 0.2) is 0 Å². The molecule has 4 nitrogen and oxygen atoms in total. The lowest BCUT2D eigenvalue weighted by Gasteiger charge is -2.04. The van der Waals surface area contributed by atoms with Gasteiger partial charge in [0.1, 0.15) is 5.75 Å². The fourth-order valence-corrected chi connectivity index (χ4v) is 0.880. The Hall–Kier alpha value is -1.55. The molecule has 0 unspecified atom stereocenters. The standard InChI is InChI=1S/C8H10N2O2/c9-5-6-3-1-2-4-7(6)12-8(10)11/h1-4H,5,9H2,(H2,10,11). The lowest BCUT2D eigenvalue weighted by Crippen LogP contribution is -2.17. The molecule has 0 atom stereocenters. The van der Waals surface area contributed by atoms with Crippen LogP contribution in [-0.2, 0) is 6.54 Å². The van der Waals surface area contributed by atoms with Gasteiger partial charge >= 0.3 is 6.09 Å². The van der Waals surface area contributed by atoms with E-state index in [0.29, 0.717) is 12.3 Å². The number of ether oxygens (including phenoxy) is 1. The van der Waals surface area contributed by atoms with E-state index in [1.807, 2.05) is 6.07 Å². The summed E-state index contributed by atoms with van der Waals surface area (Å²) in [5, 5.41) is 0. The monoisotopic (exact) mass is 166 g/mol. The van der Waals surface area contributed by atoms with Crippen molar-refractivity contribution >= 4 is 6.09 Å². The molecule has 0 aliphatic heterocycles. The molecular formula is C8H10N2O2. The maximum Gasteiger partial charge on any atom is 0.409 e. The maximum atomic E-state index is 10.4. The number of amides is 1. The molecule has 4 heteroatoms. The third-order valence-corrected chi connectivity index (χ3v) is 1.40. The van der Waals surface area contributed by atoms with Crippen molar-refractivity contribution in [2.75, 3.05) is 0 Å². The third kappa shape index (κ3) is 1.96. The Bertz CT molecular complexity index is 286. The van der Waals surface area contributed by atoms with Gasteiger partial charge in [-0.05, 0) is 6.07 Å². The van der Waals surface area contributed by atoms with Gasteiger partial charge in [0.25, 0.3) is 0 Å². The van der Waals surface area contributed by atoms with Crippen molar-refractivity contribution in [3.8, 4) is 5.75 Å². The van der Waals surface area contributed by atoms with Crippen molar-refractivity contribution in [1.29, 1.82) is 0 Å². The van der Waals surface area contributed by atoms with E-state index < -0.39 is 6.09 Å². The number of primary amides is 1. The van der Waals surface area contributed by atoms with Crippen LogP contribution < -0.4 is 16.2 Å². The van der Waals surface area contributed by atoms with Gasteiger partial charge in [0.2, 0.25) is 0 Å². The second-order valence-electron chi connectivity index (χ2n) is 2.23. The van der Waals surface area contributed by atoms with Crippen LogP contribution in [0.4, 0.5) is 4.79 Å². The van der Waals surface area contributed by atoms with Gasteiger partial charge in [0, 0.05) is 12.1 Å². The summed E-state index contributed by atoms with van der Waals surface area (Å²) in [7, 11) is 0. The summed E-state index contributed by atoms with van der Waals surface area (Å²) in [6.07, 6.45) is -0.823. The molecule has 0 heterocycles. The molecule has 12 heavy (non-hydrogen) atoms. The van der Waals surface area contributed by atoms with E-state index in [0.717, 1.165) is 5.56 Å². The van der Waals surface area contributed by atoms with Crippen molar-refractivity contribution < 1.29 is 9.53 Å². The number of hydrogen-bond acceptors (Lipinski definition) is 3. The number of hydrogen-bond donors (Lipinski definition) is 2. The van der Waals surface area contributed by atoms with Gasteiger partial charge < -0.3 is 16.2 Å². The van der Waals surface area contributed by atoms with Crippen LogP contribution >= 0.6 is 0 Å². The second-order valence-corrected chi connectivity index (χ2v) is 2.23. The minimum absolute atomic E-state index is 0.323. The minimum Gasteiger partial charge on any atom is -0.410 e. The van der Waals surface area contributed by atoms with E-state index in [-0.39, 0.29) is 0 Å². The molecule has 0 saturated carbocycles. The second kappa shape index (κ2) is 3.73. The number of benzene rings is 1. The zero-order valence-corrected chi connectivity index (χ0v) is 6.49. The molecule has 0 spiro atoms. The number of carbonyl (C=O) groups is 1. The highest BCUT2D eigenvalue weighted by atomic mass is 16.5. The molecule has 0 fully saturated rings. The topological polar surface area (TPSA) is 78.3 Å². The van der Waals surface area contributed by atoms with Gasteiger partial charge in [-0.2, -0.15) is 0 Å². The predicted molar refractivity (Wildman–Crippen MR) is 44.5 cm³/mol. The van der Waals surface area contributed by atoms with E-state index in [9.17, 15) is 4.79 Å². The van der Waals surface area contributed by atoms with Crippen LogP contribution in [0.3, 0.4) is 0 Å². The molecule has 4 N–H and O–H groups in total. The summed E-state index contributed by atoms with van der Waals surface area (Å²) in [6.45, 7) is 0.323. The van der Waals surface area contributed by atoms with Gasteiger partial charge in [-0.3, -0.25) is 0 Å². The van der Waals surface area contributed by atoms with Crippen molar-refractivity contribution in [1.82, 2.24) is 0 Å². The van der Waals surface area contributed by atoms with Crippen LogP contribution in [-0.4, -0.2) is 6.09 Å². The summed E-state index contributed by atoms with van der Waals surface area (Å²) < 4.78 is 4.70. The first-order chi connectivity index (χ1) is 5.74. The Morgan fingerprint density at radius 3 is 2.67 bits per heavy atom. The summed E-state index contributed by atoms with van der Waals surface area (Å²) in [6, 6.07) is 6.98. The van der Waals surface area contributed by atoms with E-state index >= 15 is 0 Å². The summed E-state index contributed by atoms with van der Waals surface area (Å²) >= 11 is 0. The Morgan fingerprint density at radius 1 is 1.42 bits per heavy atom. The van der Waals surface area contributed by atoms with Crippen molar-refractivity contribution in [2.45, 2.75) is 6.54 Å². The highest BCUT2D eigenvalue weighted by molar-refractivity contribution is 5.68. The molecule has 0 radical (unpaired) electrons. The van der Waals surface area contributed by atoms with Gasteiger partial charge in [-0.1, -0.05) is 18.2 Å². The average molecular weight is 166 g/mol. The fraction of sp³-hybridized carbons (Fsp3) is 0.125. The van der Waals surface area contributed by atoms with Gasteiger partial charge in [-0.15, -0.1) is 0 Å². The Labute approximate surface area is 70.1 Å². The number of para-hydroxylation sites is 1. The third-order valence-electron chi connectivity index (χ3n) is 1.40. The Kier molecular flexibility index (Phi) is 2.66. The fourth-order valence-electron chi connectivity index (χ4n) is 0.880. The Morgan fingerprint density at radius 2 is 2.08 bits per heavy atom. The molecule has 1 aromatic rings. The average Bonchev–Trinajstić information content (AvgIpc) is 2.04. The van der Waals surface area contributed by atoms with Crippen LogP contribution in [0.25, 0.3) is 0 Å². The number of nitrogens with two attached hydrogens (primary N) is 2. The van der Waals surface area contributed by atoms with Crippen molar-refractivity contribution in [3.63, 3.8) is 0 Å². The van der Waals surface area contributed by atoms with Crippen molar-refractivity contribution in [2.24, 2.45) is 11.5 Å². The predicted octanol–water partition coefficient (Wildman–Crippen LogP) is 0.603. The first-order valence-electron chi connectivity index (χ1n) is 3.49. The van der Waals surface area contributed by atoms with E-state index in [1.54, 1.807) is 18.2 Å². The van der Waals surface area contributed by atoms with Crippen LogP contribution in [0.2, 0.25) is 0 Å².